The lowest BCUT2D eigenvalue weighted by Gasteiger charge is -2.32. The second-order valence-electron chi connectivity index (χ2n) is 5.14. The number of hydrogen-bond donors (Lipinski definition) is 2. The second kappa shape index (κ2) is 5.87. The van der Waals surface area contributed by atoms with E-state index in [1.807, 2.05) is 60.7 Å². The number of aliphatic hydroxyl groups is 1. The summed E-state index contributed by atoms with van der Waals surface area (Å²) in [6.07, 6.45) is 0.378. The Hall–Kier alpha value is -2.24. The third kappa shape index (κ3) is 2.49. The van der Waals surface area contributed by atoms with Gasteiger partial charge in [0.1, 0.15) is 0 Å². The average Bonchev–Trinajstić information content (AvgIpc) is 2.95. The molecule has 2 aromatic carbocycles. The molecule has 0 saturated heterocycles. The van der Waals surface area contributed by atoms with Gasteiger partial charge in [0.25, 0.3) is 0 Å². The van der Waals surface area contributed by atoms with Crippen LogP contribution in [0.1, 0.15) is 17.5 Å². The van der Waals surface area contributed by atoms with Gasteiger partial charge in [-0.05, 0) is 17.8 Å². The summed E-state index contributed by atoms with van der Waals surface area (Å²) in [5.41, 5.74) is 1.29. The Kier molecular flexibility index (Phi) is 3.92. The lowest BCUT2D eigenvalue weighted by atomic mass is 9.95. The molecule has 1 atom stereocenters. The van der Waals surface area contributed by atoms with E-state index in [-0.39, 0.29) is 0 Å². The van der Waals surface area contributed by atoms with Crippen molar-refractivity contribution in [1.82, 2.24) is 10.3 Å². The molecule has 0 aromatic heterocycles. The van der Waals surface area contributed by atoms with Gasteiger partial charge in [-0.15, -0.1) is 0 Å². The molecule has 1 unspecified atom stereocenters. The van der Waals surface area contributed by atoms with Crippen LogP contribution in [-0.4, -0.2) is 28.0 Å². The van der Waals surface area contributed by atoms with Crippen molar-refractivity contribution >= 4 is 23.0 Å². The van der Waals surface area contributed by atoms with Crippen molar-refractivity contribution in [2.75, 3.05) is 7.05 Å². The Morgan fingerprint density at radius 3 is 2.32 bits per heavy atom. The summed E-state index contributed by atoms with van der Waals surface area (Å²) in [5, 5.41) is 20.6. The number of nitrogens with zero attached hydrogens (tertiary/aromatic N) is 2. The summed E-state index contributed by atoms with van der Waals surface area (Å²) >= 11 is 5.31. The molecule has 2 aromatic rings. The van der Waals surface area contributed by atoms with Gasteiger partial charge in [0.2, 0.25) is 0 Å². The Morgan fingerprint density at radius 1 is 1.14 bits per heavy atom. The first-order valence-corrected chi connectivity index (χ1v) is 7.49. The SMILES string of the molecule is CNC(=S)N1N=C(c2ccccc2)CC1(O)c1ccccc1. The molecule has 0 radical (unpaired) electrons. The molecule has 0 fully saturated rings. The number of rotatable bonds is 2. The third-order valence-electron chi connectivity index (χ3n) is 3.73. The first-order chi connectivity index (χ1) is 10.6. The minimum atomic E-state index is -1.27. The molecule has 0 aliphatic carbocycles. The van der Waals surface area contributed by atoms with Gasteiger partial charge < -0.3 is 10.4 Å². The van der Waals surface area contributed by atoms with Crippen molar-refractivity contribution < 1.29 is 5.11 Å². The van der Waals surface area contributed by atoms with E-state index in [0.29, 0.717) is 11.5 Å². The summed E-state index contributed by atoms with van der Waals surface area (Å²) < 4.78 is 0. The average molecular weight is 311 g/mol. The topological polar surface area (TPSA) is 47.9 Å². The number of hydrazone groups is 1. The van der Waals surface area contributed by atoms with E-state index in [1.165, 1.54) is 5.01 Å². The molecule has 1 aliphatic heterocycles. The highest BCUT2D eigenvalue weighted by Gasteiger charge is 2.44. The largest absolute Gasteiger partial charge is 0.365 e. The predicted molar refractivity (Wildman–Crippen MR) is 91.4 cm³/mol. The summed E-state index contributed by atoms with van der Waals surface area (Å²) in [6.45, 7) is 0. The van der Waals surface area contributed by atoms with Crippen LogP contribution in [0.2, 0.25) is 0 Å². The quantitative estimate of drug-likeness (QED) is 0.837. The molecule has 2 N–H and O–H groups in total. The Labute approximate surface area is 135 Å². The van der Waals surface area contributed by atoms with E-state index in [0.717, 1.165) is 16.8 Å². The van der Waals surface area contributed by atoms with Crippen LogP contribution in [0.25, 0.3) is 0 Å². The lowest BCUT2D eigenvalue weighted by molar-refractivity contribution is -0.0573. The highest BCUT2D eigenvalue weighted by Crippen LogP contribution is 2.36. The first kappa shape index (κ1) is 14.7. The maximum absolute atomic E-state index is 11.2. The molecule has 4 nitrogen and oxygen atoms in total. The Balaban J connectivity index is 2.03. The fourth-order valence-corrected chi connectivity index (χ4v) is 2.78. The molecule has 1 aliphatic rings. The highest BCUT2D eigenvalue weighted by molar-refractivity contribution is 7.80. The molecule has 0 saturated carbocycles. The summed E-state index contributed by atoms with van der Waals surface area (Å²) in [6, 6.07) is 19.3. The standard InChI is InChI=1S/C17H17N3OS/c1-18-16(22)20-17(21,14-10-6-3-7-11-14)12-15(19-20)13-8-4-2-5-9-13/h2-11,21H,12H2,1H3,(H,18,22). The van der Waals surface area contributed by atoms with Crippen molar-refractivity contribution in [3.63, 3.8) is 0 Å². The van der Waals surface area contributed by atoms with Crippen molar-refractivity contribution in [2.45, 2.75) is 12.1 Å². The molecule has 112 valence electrons. The van der Waals surface area contributed by atoms with Crippen LogP contribution >= 0.6 is 12.2 Å². The number of nitrogens with one attached hydrogen (secondary N) is 1. The van der Waals surface area contributed by atoms with Gasteiger partial charge in [0, 0.05) is 19.0 Å². The van der Waals surface area contributed by atoms with Crippen LogP contribution in [0, 0.1) is 0 Å². The van der Waals surface area contributed by atoms with E-state index >= 15 is 0 Å². The van der Waals surface area contributed by atoms with Gasteiger partial charge in [0.05, 0.1) is 5.71 Å². The predicted octanol–water partition coefficient (Wildman–Crippen LogP) is 2.45. The van der Waals surface area contributed by atoms with Crippen molar-refractivity contribution in [2.24, 2.45) is 5.10 Å². The Bertz CT molecular complexity index is 702. The summed E-state index contributed by atoms with van der Waals surface area (Å²) in [7, 11) is 1.73. The van der Waals surface area contributed by atoms with Gasteiger partial charge in [-0.3, -0.25) is 0 Å². The molecule has 22 heavy (non-hydrogen) atoms. The van der Waals surface area contributed by atoms with Gasteiger partial charge in [0.15, 0.2) is 10.8 Å². The number of thiocarbonyl (C=S) groups is 1. The zero-order valence-electron chi connectivity index (χ0n) is 12.2. The second-order valence-corrected chi connectivity index (χ2v) is 5.53. The summed E-state index contributed by atoms with van der Waals surface area (Å²) in [5.74, 6) is 0. The summed E-state index contributed by atoms with van der Waals surface area (Å²) in [4.78, 5) is 0. The molecular formula is C17H17N3OS. The smallest absolute Gasteiger partial charge is 0.192 e. The van der Waals surface area contributed by atoms with E-state index in [2.05, 4.69) is 10.4 Å². The minimum Gasteiger partial charge on any atom is -0.365 e. The molecule has 5 heteroatoms. The van der Waals surface area contributed by atoms with Crippen molar-refractivity contribution in [3.8, 4) is 0 Å². The van der Waals surface area contributed by atoms with Gasteiger partial charge in [-0.25, -0.2) is 5.01 Å². The maximum atomic E-state index is 11.2. The van der Waals surface area contributed by atoms with Crippen LogP contribution in [0.15, 0.2) is 65.8 Å². The first-order valence-electron chi connectivity index (χ1n) is 7.08. The molecule has 0 amide bonds. The van der Waals surface area contributed by atoms with Gasteiger partial charge in [-0.1, -0.05) is 60.7 Å². The Morgan fingerprint density at radius 2 is 1.73 bits per heavy atom. The zero-order valence-corrected chi connectivity index (χ0v) is 13.0. The molecule has 0 bridgehead atoms. The fourth-order valence-electron chi connectivity index (χ4n) is 2.59. The van der Waals surface area contributed by atoms with E-state index < -0.39 is 5.72 Å². The van der Waals surface area contributed by atoms with E-state index in [1.54, 1.807) is 7.05 Å². The molecule has 0 spiro atoms. The third-order valence-corrected chi connectivity index (χ3v) is 4.11. The van der Waals surface area contributed by atoms with Crippen molar-refractivity contribution in [1.29, 1.82) is 0 Å². The van der Waals surface area contributed by atoms with Crippen molar-refractivity contribution in [3.05, 3.63) is 71.8 Å². The van der Waals surface area contributed by atoms with Gasteiger partial charge >= 0.3 is 0 Å². The monoisotopic (exact) mass is 311 g/mol. The molecule has 1 heterocycles. The normalized spacial score (nSPS) is 20.6. The number of hydrogen-bond acceptors (Lipinski definition) is 3. The number of benzene rings is 2. The zero-order chi connectivity index (χ0) is 15.6. The van der Waals surface area contributed by atoms with Gasteiger partial charge in [-0.2, -0.15) is 5.10 Å². The highest BCUT2D eigenvalue weighted by atomic mass is 32.1. The van der Waals surface area contributed by atoms with Crippen LogP contribution in [0.5, 0.6) is 0 Å². The fraction of sp³-hybridized carbons (Fsp3) is 0.176. The lowest BCUT2D eigenvalue weighted by Crippen LogP contribution is -2.46. The molecular weight excluding hydrogens is 294 g/mol. The van der Waals surface area contributed by atoms with Crippen LogP contribution in [0.3, 0.4) is 0 Å². The van der Waals surface area contributed by atoms with Crippen LogP contribution in [0.4, 0.5) is 0 Å². The maximum Gasteiger partial charge on any atom is 0.192 e. The molecule has 3 rings (SSSR count). The van der Waals surface area contributed by atoms with Crippen LogP contribution < -0.4 is 5.32 Å². The minimum absolute atomic E-state index is 0.378. The van der Waals surface area contributed by atoms with E-state index in [9.17, 15) is 5.11 Å². The van der Waals surface area contributed by atoms with Crippen LogP contribution in [-0.2, 0) is 5.72 Å². The van der Waals surface area contributed by atoms with E-state index in [4.69, 9.17) is 12.2 Å².